The zero-order valence-corrected chi connectivity index (χ0v) is 11.6. The number of nitrogens with zero attached hydrogens (tertiary/aromatic N) is 2. The van der Waals surface area contributed by atoms with Gasteiger partial charge in [0, 0.05) is 31.0 Å². The fourth-order valence-electron chi connectivity index (χ4n) is 2.65. The topological polar surface area (TPSA) is 72.9 Å². The van der Waals surface area contributed by atoms with Gasteiger partial charge in [-0.3, -0.25) is 4.79 Å². The van der Waals surface area contributed by atoms with E-state index in [1.54, 1.807) is 17.0 Å². The molecule has 0 amide bonds. The van der Waals surface area contributed by atoms with Crippen molar-refractivity contribution in [3.05, 3.63) is 22.7 Å². The van der Waals surface area contributed by atoms with Crippen LogP contribution in [0.2, 0.25) is 0 Å². The molecule has 1 saturated carbocycles. The van der Waals surface area contributed by atoms with Crippen molar-refractivity contribution >= 4 is 5.82 Å². The minimum atomic E-state index is -0.0409. The zero-order chi connectivity index (χ0) is 13.7. The second-order valence-corrected chi connectivity index (χ2v) is 5.33. The lowest BCUT2D eigenvalue weighted by Crippen LogP contribution is -2.41. The van der Waals surface area contributed by atoms with Gasteiger partial charge in [-0.2, -0.15) is 0 Å². The van der Waals surface area contributed by atoms with Gasteiger partial charge in [0.2, 0.25) is 0 Å². The van der Waals surface area contributed by atoms with Crippen LogP contribution in [0.3, 0.4) is 0 Å². The normalized spacial score (nSPS) is 23.9. The molecule has 0 aliphatic heterocycles. The van der Waals surface area contributed by atoms with Crippen LogP contribution in [0, 0.1) is 0 Å². The van der Waals surface area contributed by atoms with E-state index in [0.717, 1.165) is 25.8 Å². The molecule has 0 spiro atoms. The highest BCUT2D eigenvalue weighted by Crippen LogP contribution is 2.18. The number of anilines is 1. The number of hydrogen-bond donors (Lipinski definition) is 2. The van der Waals surface area contributed by atoms with E-state index in [4.69, 9.17) is 5.73 Å². The first-order valence-electron chi connectivity index (χ1n) is 7.30. The Morgan fingerprint density at radius 2 is 2.21 bits per heavy atom. The number of aryl methyl sites for hydroxylation is 1. The Bertz CT molecular complexity index is 457. The predicted octanol–water partition coefficient (Wildman–Crippen LogP) is 1.73. The highest BCUT2D eigenvalue weighted by atomic mass is 16.1. The number of rotatable bonds is 4. The highest BCUT2D eigenvalue weighted by Gasteiger charge is 2.21. The molecule has 1 aromatic rings. The quantitative estimate of drug-likeness (QED) is 0.812. The van der Waals surface area contributed by atoms with Crippen LogP contribution in [0.1, 0.15) is 45.4 Å². The molecular weight excluding hydrogens is 240 g/mol. The third-order valence-corrected chi connectivity index (χ3v) is 3.77. The van der Waals surface area contributed by atoms with Crippen molar-refractivity contribution in [2.75, 3.05) is 5.32 Å². The second-order valence-electron chi connectivity index (χ2n) is 5.33. The van der Waals surface area contributed by atoms with Crippen molar-refractivity contribution in [1.29, 1.82) is 0 Å². The fourth-order valence-corrected chi connectivity index (χ4v) is 2.65. The molecule has 106 valence electrons. The van der Waals surface area contributed by atoms with Gasteiger partial charge in [0.25, 0.3) is 5.56 Å². The average molecular weight is 264 g/mol. The standard InChI is InChI=1S/C14H24N4O/c1-2-9-18-10-8-16-13(14(18)19)17-12-7-5-3-4-6-11(12)15/h8,10-12H,2-7,9,15H2,1H3,(H,16,17). The molecule has 2 atom stereocenters. The Balaban J connectivity index is 2.13. The maximum absolute atomic E-state index is 12.2. The van der Waals surface area contributed by atoms with Crippen molar-refractivity contribution in [3.63, 3.8) is 0 Å². The first-order chi connectivity index (χ1) is 9.22. The number of nitrogens with two attached hydrogens (primary N) is 1. The lowest BCUT2D eigenvalue weighted by atomic mass is 10.0. The summed E-state index contributed by atoms with van der Waals surface area (Å²) < 4.78 is 1.71. The highest BCUT2D eigenvalue weighted by molar-refractivity contribution is 5.33. The lowest BCUT2D eigenvalue weighted by molar-refractivity contribution is 0.525. The summed E-state index contributed by atoms with van der Waals surface area (Å²) in [6.45, 7) is 2.79. The van der Waals surface area contributed by atoms with Crippen LogP contribution in [-0.2, 0) is 6.54 Å². The maximum atomic E-state index is 12.2. The second kappa shape index (κ2) is 6.70. The number of nitrogens with one attached hydrogen (secondary N) is 1. The van der Waals surface area contributed by atoms with Gasteiger partial charge in [-0.1, -0.05) is 26.2 Å². The summed E-state index contributed by atoms with van der Waals surface area (Å²) >= 11 is 0. The van der Waals surface area contributed by atoms with Crippen molar-refractivity contribution in [2.45, 2.75) is 64.1 Å². The summed E-state index contributed by atoms with van der Waals surface area (Å²) in [5, 5.41) is 3.27. The SMILES string of the molecule is CCCn1ccnc(NC2CCCCCC2N)c1=O. The van der Waals surface area contributed by atoms with Crippen LogP contribution >= 0.6 is 0 Å². The molecule has 0 aromatic carbocycles. The number of aromatic nitrogens is 2. The average Bonchev–Trinajstić information content (AvgIpc) is 2.60. The van der Waals surface area contributed by atoms with Crippen LogP contribution in [0.25, 0.3) is 0 Å². The third-order valence-electron chi connectivity index (χ3n) is 3.77. The molecule has 3 N–H and O–H groups in total. The first kappa shape index (κ1) is 14.1. The van der Waals surface area contributed by atoms with Gasteiger partial charge in [0.05, 0.1) is 0 Å². The summed E-state index contributed by atoms with van der Waals surface area (Å²) in [6, 6.07) is 0.281. The van der Waals surface area contributed by atoms with Gasteiger partial charge in [-0.15, -0.1) is 0 Å². The van der Waals surface area contributed by atoms with Crippen LogP contribution in [-0.4, -0.2) is 21.6 Å². The molecule has 1 aliphatic rings. The van der Waals surface area contributed by atoms with E-state index < -0.39 is 0 Å². The molecule has 1 aromatic heterocycles. The molecule has 1 heterocycles. The Morgan fingerprint density at radius 1 is 1.42 bits per heavy atom. The van der Waals surface area contributed by atoms with Crippen LogP contribution < -0.4 is 16.6 Å². The van der Waals surface area contributed by atoms with Gasteiger partial charge < -0.3 is 15.6 Å². The molecule has 2 rings (SSSR count). The summed E-state index contributed by atoms with van der Waals surface area (Å²) in [7, 11) is 0. The Labute approximate surface area is 114 Å². The Kier molecular flexibility index (Phi) is 4.96. The van der Waals surface area contributed by atoms with Crippen LogP contribution in [0.15, 0.2) is 17.2 Å². The van der Waals surface area contributed by atoms with Gasteiger partial charge in [0.15, 0.2) is 5.82 Å². The number of hydrogen-bond acceptors (Lipinski definition) is 4. The van der Waals surface area contributed by atoms with E-state index in [2.05, 4.69) is 17.2 Å². The van der Waals surface area contributed by atoms with E-state index in [-0.39, 0.29) is 17.6 Å². The van der Waals surface area contributed by atoms with E-state index >= 15 is 0 Å². The predicted molar refractivity (Wildman–Crippen MR) is 77.3 cm³/mol. The van der Waals surface area contributed by atoms with Crippen molar-refractivity contribution in [3.8, 4) is 0 Å². The summed E-state index contributed by atoms with van der Waals surface area (Å²) in [5.41, 5.74) is 6.13. The van der Waals surface area contributed by atoms with Gasteiger partial charge >= 0.3 is 0 Å². The van der Waals surface area contributed by atoms with Crippen molar-refractivity contribution < 1.29 is 0 Å². The smallest absolute Gasteiger partial charge is 0.293 e. The largest absolute Gasteiger partial charge is 0.361 e. The van der Waals surface area contributed by atoms with Crippen molar-refractivity contribution in [1.82, 2.24) is 9.55 Å². The summed E-state index contributed by atoms with van der Waals surface area (Å²) in [6.07, 6.45) is 9.98. The van der Waals surface area contributed by atoms with E-state index in [1.165, 1.54) is 19.3 Å². The monoisotopic (exact) mass is 264 g/mol. The third kappa shape index (κ3) is 3.56. The maximum Gasteiger partial charge on any atom is 0.293 e. The molecule has 0 radical (unpaired) electrons. The molecule has 0 saturated heterocycles. The summed E-state index contributed by atoms with van der Waals surface area (Å²) in [4.78, 5) is 16.4. The van der Waals surface area contributed by atoms with E-state index in [0.29, 0.717) is 5.82 Å². The van der Waals surface area contributed by atoms with E-state index in [1.807, 2.05) is 0 Å². The van der Waals surface area contributed by atoms with Crippen LogP contribution in [0.5, 0.6) is 0 Å². The Morgan fingerprint density at radius 3 is 3.00 bits per heavy atom. The summed E-state index contributed by atoms with van der Waals surface area (Å²) in [5.74, 6) is 0.443. The molecule has 1 aliphatic carbocycles. The molecule has 5 heteroatoms. The molecule has 1 fully saturated rings. The Hall–Kier alpha value is -1.36. The minimum Gasteiger partial charge on any atom is -0.361 e. The van der Waals surface area contributed by atoms with E-state index in [9.17, 15) is 4.79 Å². The molecule has 0 bridgehead atoms. The van der Waals surface area contributed by atoms with Gasteiger partial charge in [0.1, 0.15) is 0 Å². The first-order valence-corrected chi connectivity index (χ1v) is 7.30. The zero-order valence-electron chi connectivity index (χ0n) is 11.6. The molecule has 5 nitrogen and oxygen atoms in total. The fraction of sp³-hybridized carbons (Fsp3) is 0.714. The molecule has 19 heavy (non-hydrogen) atoms. The molecular formula is C14H24N4O. The van der Waals surface area contributed by atoms with Crippen molar-refractivity contribution in [2.24, 2.45) is 5.73 Å². The molecule has 2 unspecified atom stereocenters. The van der Waals surface area contributed by atoms with Gasteiger partial charge in [-0.05, 0) is 19.3 Å². The lowest BCUT2D eigenvalue weighted by Gasteiger charge is -2.23. The van der Waals surface area contributed by atoms with Crippen LogP contribution in [0.4, 0.5) is 5.82 Å². The van der Waals surface area contributed by atoms with Gasteiger partial charge in [-0.25, -0.2) is 4.98 Å². The minimum absolute atomic E-state index is 0.0409.